The highest BCUT2D eigenvalue weighted by Crippen LogP contribution is 2.22. The van der Waals surface area contributed by atoms with Crippen molar-refractivity contribution in [3.8, 4) is 12.3 Å². The Morgan fingerprint density at radius 2 is 1.96 bits per heavy atom. The van der Waals surface area contributed by atoms with Crippen LogP contribution in [0.5, 0.6) is 0 Å². The molecule has 0 aliphatic carbocycles. The number of rotatable bonds is 4. The third-order valence-corrected chi connectivity index (χ3v) is 5.44. The molecular formula is C20H17BrN2OS. The van der Waals surface area contributed by atoms with Crippen LogP contribution in [0, 0.1) is 12.3 Å². The van der Waals surface area contributed by atoms with E-state index in [2.05, 4.69) is 45.9 Å². The van der Waals surface area contributed by atoms with Crippen molar-refractivity contribution < 1.29 is 4.79 Å². The van der Waals surface area contributed by atoms with E-state index in [0.717, 1.165) is 26.7 Å². The van der Waals surface area contributed by atoms with Gasteiger partial charge in [-0.3, -0.25) is 4.79 Å². The van der Waals surface area contributed by atoms with E-state index in [0.29, 0.717) is 11.3 Å². The molecule has 126 valence electrons. The van der Waals surface area contributed by atoms with E-state index in [9.17, 15) is 4.79 Å². The minimum absolute atomic E-state index is 0.166. The summed E-state index contributed by atoms with van der Waals surface area (Å²) >= 11 is 4.94. The Labute approximate surface area is 159 Å². The van der Waals surface area contributed by atoms with E-state index in [1.54, 1.807) is 0 Å². The van der Waals surface area contributed by atoms with Crippen molar-refractivity contribution in [3.63, 3.8) is 0 Å². The maximum Gasteiger partial charge on any atom is 0.252 e. The first-order chi connectivity index (χ1) is 12.1. The zero-order chi connectivity index (χ0) is 17.8. The topological polar surface area (TPSA) is 34.4 Å². The number of hydrogen-bond donors (Lipinski definition) is 0. The highest BCUT2D eigenvalue weighted by Gasteiger charge is 2.08. The van der Waals surface area contributed by atoms with Crippen LogP contribution in [0.4, 0.5) is 0 Å². The number of amides is 1. The fraction of sp³-hybridized carbons (Fsp3) is 0.200. The van der Waals surface area contributed by atoms with Crippen LogP contribution >= 0.6 is 27.3 Å². The number of hydrogen-bond acceptors (Lipinski definition) is 2. The number of aryl methyl sites for hydroxylation is 1. The molecule has 3 nitrogen and oxygen atoms in total. The normalized spacial score (nSPS) is 11.6. The van der Waals surface area contributed by atoms with Crippen LogP contribution in [0.2, 0.25) is 0 Å². The number of fused-ring (bicyclic) bond motifs is 1. The summed E-state index contributed by atoms with van der Waals surface area (Å²) in [6.07, 6.45) is 6.77. The SMILES string of the molecule is C#CCn1c(=NC(=O)Cc2ccc(CC)cc2)sc2cc(Br)ccc21. The quantitative estimate of drug-likeness (QED) is 0.587. The number of carbonyl (C=O) groups excluding carboxylic acids is 1. The second-order valence-electron chi connectivity index (χ2n) is 5.64. The van der Waals surface area contributed by atoms with E-state index in [-0.39, 0.29) is 12.3 Å². The molecule has 2 aromatic carbocycles. The van der Waals surface area contributed by atoms with Crippen molar-refractivity contribution in [2.75, 3.05) is 0 Å². The van der Waals surface area contributed by atoms with Crippen LogP contribution in [0.15, 0.2) is 51.9 Å². The van der Waals surface area contributed by atoms with Crippen LogP contribution in [-0.2, 0) is 24.2 Å². The van der Waals surface area contributed by atoms with E-state index in [4.69, 9.17) is 6.42 Å². The molecule has 0 radical (unpaired) electrons. The second kappa shape index (κ2) is 7.81. The van der Waals surface area contributed by atoms with E-state index >= 15 is 0 Å². The van der Waals surface area contributed by atoms with Crippen LogP contribution in [0.3, 0.4) is 0 Å². The summed E-state index contributed by atoms with van der Waals surface area (Å²) in [5.41, 5.74) is 3.22. The fourth-order valence-electron chi connectivity index (χ4n) is 2.59. The minimum atomic E-state index is -0.166. The molecule has 0 N–H and O–H groups in total. The molecule has 0 bridgehead atoms. The molecule has 0 aliphatic rings. The number of thiazole rings is 1. The Morgan fingerprint density at radius 3 is 2.64 bits per heavy atom. The largest absolute Gasteiger partial charge is 0.305 e. The third kappa shape index (κ3) is 4.09. The average molecular weight is 413 g/mol. The summed E-state index contributed by atoms with van der Waals surface area (Å²) in [4.78, 5) is 17.4. The molecule has 0 fully saturated rings. The Kier molecular flexibility index (Phi) is 5.52. The number of benzene rings is 2. The molecule has 1 aromatic heterocycles. The zero-order valence-electron chi connectivity index (χ0n) is 13.8. The fourth-order valence-corrected chi connectivity index (χ4v) is 4.19. The van der Waals surface area contributed by atoms with Gasteiger partial charge in [-0.25, -0.2) is 0 Å². The zero-order valence-corrected chi connectivity index (χ0v) is 16.2. The van der Waals surface area contributed by atoms with Crippen molar-refractivity contribution in [1.82, 2.24) is 4.57 Å². The predicted octanol–water partition coefficient (Wildman–Crippen LogP) is 4.33. The number of carbonyl (C=O) groups is 1. The Bertz CT molecular complexity index is 1020. The van der Waals surface area contributed by atoms with Crippen molar-refractivity contribution >= 4 is 43.4 Å². The lowest BCUT2D eigenvalue weighted by Crippen LogP contribution is -2.17. The van der Waals surface area contributed by atoms with Gasteiger partial charge in [0.15, 0.2) is 4.80 Å². The van der Waals surface area contributed by atoms with Crippen molar-refractivity contribution in [3.05, 3.63) is 62.9 Å². The van der Waals surface area contributed by atoms with Gasteiger partial charge in [0.25, 0.3) is 5.91 Å². The monoisotopic (exact) mass is 412 g/mol. The highest BCUT2D eigenvalue weighted by atomic mass is 79.9. The van der Waals surface area contributed by atoms with Crippen LogP contribution in [0.25, 0.3) is 10.2 Å². The maximum absolute atomic E-state index is 12.4. The molecule has 3 rings (SSSR count). The summed E-state index contributed by atoms with van der Waals surface area (Å²) in [7, 11) is 0. The van der Waals surface area contributed by atoms with E-state index in [1.807, 2.05) is 34.9 Å². The number of halogens is 1. The molecule has 5 heteroatoms. The van der Waals surface area contributed by atoms with Gasteiger partial charge in [0.1, 0.15) is 0 Å². The summed E-state index contributed by atoms with van der Waals surface area (Å²) < 4.78 is 3.94. The van der Waals surface area contributed by atoms with Gasteiger partial charge in [-0.15, -0.1) is 6.42 Å². The van der Waals surface area contributed by atoms with Gasteiger partial charge >= 0.3 is 0 Å². The highest BCUT2D eigenvalue weighted by molar-refractivity contribution is 9.10. The minimum Gasteiger partial charge on any atom is -0.305 e. The molecule has 1 heterocycles. The lowest BCUT2D eigenvalue weighted by atomic mass is 10.1. The summed E-state index contributed by atoms with van der Waals surface area (Å²) in [5, 5.41) is 0. The predicted molar refractivity (Wildman–Crippen MR) is 106 cm³/mol. The molecular weight excluding hydrogens is 396 g/mol. The first-order valence-corrected chi connectivity index (χ1v) is 9.59. The third-order valence-electron chi connectivity index (χ3n) is 3.90. The second-order valence-corrected chi connectivity index (χ2v) is 7.56. The lowest BCUT2D eigenvalue weighted by molar-refractivity contribution is -0.117. The summed E-state index contributed by atoms with van der Waals surface area (Å²) in [6.45, 7) is 2.50. The lowest BCUT2D eigenvalue weighted by Gasteiger charge is -2.01. The van der Waals surface area contributed by atoms with Gasteiger partial charge in [0, 0.05) is 4.47 Å². The maximum atomic E-state index is 12.4. The summed E-state index contributed by atoms with van der Waals surface area (Å²) in [5.74, 6) is 2.47. The molecule has 3 aromatic rings. The molecule has 0 spiro atoms. The van der Waals surface area contributed by atoms with Crippen molar-refractivity contribution in [2.45, 2.75) is 26.3 Å². The van der Waals surface area contributed by atoms with Gasteiger partial charge < -0.3 is 4.57 Å². The van der Waals surface area contributed by atoms with Crippen LogP contribution in [0.1, 0.15) is 18.1 Å². The van der Waals surface area contributed by atoms with Gasteiger partial charge in [-0.05, 0) is 35.7 Å². The smallest absolute Gasteiger partial charge is 0.252 e. The molecule has 1 amide bonds. The first kappa shape index (κ1) is 17.7. The number of terminal acetylenes is 1. The van der Waals surface area contributed by atoms with Crippen LogP contribution in [-0.4, -0.2) is 10.5 Å². The number of nitrogens with zero attached hydrogens (tertiary/aromatic N) is 2. The number of aromatic nitrogens is 1. The molecule has 25 heavy (non-hydrogen) atoms. The molecule has 0 aliphatic heterocycles. The van der Waals surface area contributed by atoms with Gasteiger partial charge in [0.05, 0.1) is 23.2 Å². The summed E-state index contributed by atoms with van der Waals surface area (Å²) in [6, 6.07) is 14.0. The molecule has 0 atom stereocenters. The van der Waals surface area contributed by atoms with Gasteiger partial charge in [0.2, 0.25) is 0 Å². The molecule has 0 unspecified atom stereocenters. The van der Waals surface area contributed by atoms with Crippen LogP contribution < -0.4 is 4.80 Å². The standard InChI is InChI=1S/C20H17BrN2OS/c1-3-11-23-17-10-9-16(21)13-18(17)25-20(23)22-19(24)12-15-7-5-14(4-2)6-8-15/h1,5-10,13H,4,11-12H2,2H3. The molecule has 0 saturated carbocycles. The van der Waals surface area contributed by atoms with Crippen molar-refractivity contribution in [1.29, 1.82) is 0 Å². The van der Waals surface area contributed by atoms with E-state index in [1.165, 1.54) is 16.9 Å². The Hall–Kier alpha value is -2.16. The van der Waals surface area contributed by atoms with Gasteiger partial charge in [-0.1, -0.05) is 64.4 Å². The molecule has 0 saturated heterocycles. The van der Waals surface area contributed by atoms with Gasteiger partial charge in [-0.2, -0.15) is 4.99 Å². The van der Waals surface area contributed by atoms with Crippen molar-refractivity contribution in [2.24, 2.45) is 4.99 Å². The average Bonchev–Trinajstić information content (AvgIpc) is 2.92. The Morgan fingerprint density at radius 1 is 1.24 bits per heavy atom. The Balaban J connectivity index is 1.94. The van der Waals surface area contributed by atoms with E-state index < -0.39 is 0 Å². The first-order valence-electron chi connectivity index (χ1n) is 7.98.